The molecule has 1 aliphatic rings. The van der Waals surface area contributed by atoms with E-state index in [4.69, 9.17) is 16.0 Å². The summed E-state index contributed by atoms with van der Waals surface area (Å²) in [7, 11) is 0. The molecule has 0 saturated carbocycles. The van der Waals surface area contributed by atoms with Crippen LogP contribution in [0.25, 0.3) is 0 Å². The number of carbonyl (C=O) groups excluding carboxylic acids is 2. The number of aryl methyl sites for hydroxylation is 1. The van der Waals surface area contributed by atoms with Gasteiger partial charge in [0, 0.05) is 47.4 Å². The van der Waals surface area contributed by atoms with Crippen molar-refractivity contribution in [2.75, 3.05) is 36.5 Å². The quantitative estimate of drug-likeness (QED) is 0.745. The summed E-state index contributed by atoms with van der Waals surface area (Å²) in [4.78, 5) is 26.7. The fourth-order valence-electron chi connectivity index (χ4n) is 2.94. The number of furan rings is 1. The van der Waals surface area contributed by atoms with E-state index in [-0.39, 0.29) is 6.04 Å². The summed E-state index contributed by atoms with van der Waals surface area (Å²) in [6.45, 7) is 4.08. The molecule has 1 saturated heterocycles. The molecule has 1 unspecified atom stereocenters. The molecule has 2 N–H and O–H groups in total. The molecule has 1 aliphatic heterocycles. The van der Waals surface area contributed by atoms with E-state index in [2.05, 4.69) is 15.5 Å². The van der Waals surface area contributed by atoms with E-state index in [1.807, 2.05) is 24.8 Å². The normalized spacial score (nSPS) is 15.9. The van der Waals surface area contributed by atoms with Crippen LogP contribution in [0.1, 0.15) is 17.2 Å². The second kappa shape index (κ2) is 9.30. The monoisotopic (exact) mass is 407 g/mol. The Hall–Kier alpha value is -1.96. The fourth-order valence-corrected chi connectivity index (χ4v) is 4.05. The Morgan fingerprint density at radius 3 is 2.70 bits per heavy atom. The zero-order valence-corrected chi connectivity index (χ0v) is 16.6. The number of anilines is 1. The van der Waals surface area contributed by atoms with E-state index in [0.29, 0.717) is 17.3 Å². The molecule has 0 aliphatic carbocycles. The molecule has 2 heterocycles. The topological polar surface area (TPSA) is 74.6 Å². The molecule has 3 rings (SSSR count). The van der Waals surface area contributed by atoms with E-state index >= 15 is 0 Å². The van der Waals surface area contributed by atoms with E-state index in [0.717, 1.165) is 35.7 Å². The third kappa shape index (κ3) is 5.28. The highest BCUT2D eigenvalue weighted by molar-refractivity contribution is 7.99. The number of halogens is 1. The molecule has 144 valence electrons. The molecule has 1 aromatic heterocycles. The Morgan fingerprint density at radius 1 is 1.26 bits per heavy atom. The fraction of sp³-hybridized carbons (Fsp3) is 0.368. The van der Waals surface area contributed by atoms with Gasteiger partial charge in [-0.3, -0.25) is 14.5 Å². The molecule has 2 amide bonds. The van der Waals surface area contributed by atoms with Crippen molar-refractivity contribution in [2.45, 2.75) is 13.0 Å². The zero-order valence-electron chi connectivity index (χ0n) is 15.0. The molecule has 0 radical (unpaired) electrons. The van der Waals surface area contributed by atoms with Crippen molar-refractivity contribution >= 4 is 40.9 Å². The first-order valence-electron chi connectivity index (χ1n) is 8.74. The lowest BCUT2D eigenvalue weighted by Crippen LogP contribution is -2.44. The summed E-state index contributed by atoms with van der Waals surface area (Å²) < 4.78 is 5.20. The van der Waals surface area contributed by atoms with Crippen LogP contribution >= 0.6 is 23.4 Å². The molecule has 1 fully saturated rings. The molecule has 1 aromatic carbocycles. The maximum Gasteiger partial charge on any atom is 0.313 e. The van der Waals surface area contributed by atoms with Gasteiger partial charge in [-0.25, -0.2) is 0 Å². The molecule has 8 heteroatoms. The highest BCUT2D eigenvalue weighted by Gasteiger charge is 2.25. The number of carbonyl (C=O) groups is 2. The predicted octanol–water partition coefficient (Wildman–Crippen LogP) is 3.09. The summed E-state index contributed by atoms with van der Waals surface area (Å²) in [5.74, 6) is 0.718. The molecule has 0 spiro atoms. The van der Waals surface area contributed by atoms with Crippen molar-refractivity contribution in [2.24, 2.45) is 0 Å². The Bertz CT molecular complexity index is 792. The van der Waals surface area contributed by atoms with Gasteiger partial charge in [0.25, 0.3) is 0 Å². The van der Waals surface area contributed by atoms with Gasteiger partial charge in [-0.2, -0.15) is 11.8 Å². The second-order valence-corrected chi connectivity index (χ2v) is 7.98. The first-order valence-corrected chi connectivity index (χ1v) is 10.3. The second-order valence-electron chi connectivity index (χ2n) is 6.35. The molecule has 0 bridgehead atoms. The Morgan fingerprint density at radius 2 is 2.04 bits per heavy atom. The molecule has 27 heavy (non-hydrogen) atoms. The van der Waals surface area contributed by atoms with Gasteiger partial charge in [-0.1, -0.05) is 17.7 Å². The lowest BCUT2D eigenvalue weighted by Gasteiger charge is -2.33. The van der Waals surface area contributed by atoms with Gasteiger partial charge >= 0.3 is 11.8 Å². The van der Waals surface area contributed by atoms with Crippen molar-refractivity contribution in [3.8, 4) is 0 Å². The minimum Gasteiger partial charge on any atom is -0.472 e. The van der Waals surface area contributed by atoms with Crippen LogP contribution in [-0.4, -0.2) is 47.9 Å². The van der Waals surface area contributed by atoms with Crippen LogP contribution < -0.4 is 10.6 Å². The number of rotatable bonds is 5. The van der Waals surface area contributed by atoms with Gasteiger partial charge in [0.15, 0.2) is 0 Å². The van der Waals surface area contributed by atoms with Crippen molar-refractivity contribution < 1.29 is 14.0 Å². The Labute approximate surface area is 167 Å². The van der Waals surface area contributed by atoms with Gasteiger partial charge in [-0.05, 0) is 30.7 Å². The number of thioether (sulfide) groups is 1. The molecule has 6 nitrogen and oxygen atoms in total. The van der Waals surface area contributed by atoms with Gasteiger partial charge in [-0.15, -0.1) is 0 Å². The lowest BCUT2D eigenvalue weighted by molar-refractivity contribution is -0.136. The largest absolute Gasteiger partial charge is 0.472 e. The highest BCUT2D eigenvalue weighted by atomic mass is 35.5. The average Bonchev–Trinajstić information content (AvgIpc) is 3.20. The third-order valence-electron chi connectivity index (χ3n) is 4.51. The molecule has 1 atom stereocenters. The summed E-state index contributed by atoms with van der Waals surface area (Å²) >= 11 is 7.97. The van der Waals surface area contributed by atoms with Crippen molar-refractivity contribution in [3.63, 3.8) is 0 Å². The number of nitrogens with one attached hydrogen (secondary N) is 2. The van der Waals surface area contributed by atoms with E-state index in [1.165, 1.54) is 0 Å². The summed E-state index contributed by atoms with van der Waals surface area (Å²) in [5, 5.41) is 5.86. The van der Waals surface area contributed by atoms with Crippen LogP contribution in [-0.2, 0) is 9.59 Å². The van der Waals surface area contributed by atoms with Gasteiger partial charge < -0.3 is 15.1 Å². The Balaban J connectivity index is 1.59. The summed E-state index contributed by atoms with van der Waals surface area (Å²) in [6, 6.07) is 7.01. The third-order valence-corrected chi connectivity index (χ3v) is 5.86. The average molecular weight is 408 g/mol. The minimum atomic E-state index is -0.713. The van der Waals surface area contributed by atoms with E-state index in [9.17, 15) is 9.59 Å². The van der Waals surface area contributed by atoms with Crippen LogP contribution in [0.15, 0.2) is 41.2 Å². The van der Waals surface area contributed by atoms with E-state index in [1.54, 1.807) is 30.7 Å². The van der Waals surface area contributed by atoms with Crippen LogP contribution in [0.5, 0.6) is 0 Å². The predicted molar refractivity (Wildman–Crippen MR) is 108 cm³/mol. The highest BCUT2D eigenvalue weighted by Crippen LogP contribution is 2.24. The Kier molecular flexibility index (Phi) is 6.82. The molecule has 2 aromatic rings. The molecular formula is C19H22ClN3O3S. The number of benzene rings is 1. The number of nitrogens with zero attached hydrogens (tertiary/aromatic N) is 1. The van der Waals surface area contributed by atoms with Crippen LogP contribution in [0.3, 0.4) is 0 Å². The first-order chi connectivity index (χ1) is 13.0. The van der Waals surface area contributed by atoms with E-state index < -0.39 is 11.8 Å². The number of hydrogen-bond donors (Lipinski definition) is 2. The standard InChI is InChI=1S/C19H22ClN3O3S/c1-13-2-3-15(10-16(13)20)22-19(25)18(24)21-11-17(14-4-7-26-12-14)23-5-8-27-9-6-23/h2-4,7,10,12,17H,5-6,8-9,11H2,1H3,(H,21,24)(H,22,25). The van der Waals surface area contributed by atoms with Crippen molar-refractivity contribution in [1.29, 1.82) is 0 Å². The summed E-state index contributed by atoms with van der Waals surface area (Å²) in [5.41, 5.74) is 2.39. The van der Waals surface area contributed by atoms with Crippen LogP contribution in [0.2, 0.25) is 5.02 Å². The van der Waals surface area contributed by atoms with Gasteiger partial charge in [0.1, 0.15) is 0 Å². The van der Waals surface area contributed by atoms with Gasteiger partial charge in [0.2, 0.25) is 0 Å². The van der Waals surface area contributed by atoms with Crippen molar-refractivity contribution in [3.05, 3.63) is 52.9 Å². The minimum absolute atomic E-state index is 0.0183. The maximum atomic E-state index is 12.3. The lowest BCUT2D eigenvalue weighted by atomic mass is 10.1. The maximum absolute atomic E-state index is 12.3. The summed E-state index contributed by atoms with van der Waals surface area (Å²) in [6.07, 6.45) is 3.31. The van der Waals surface area contributed by atoms with Crippen LogP contribution in [0.4, 0.5) is 5.69 Å². The van der Waals surface area contributed by atoms with Gasteiger partial charge in [0.05, 0.1) is 18.6 Å². The SMILES string of the molecule is Cc1ccc(NC(=O)C(=O)NCC(c2ccoc2)N2CCSCC2)cc1Cl. The number of hydrogen-bond acceptors (Lipinski definition) is 5. The van der Waals surface area contributed by atoms with Crippen molar-refractivity contribution in [1.82, 2.24) is 10.2 Å². The first kappa shape index (κ1) is 19.8. The van der Waals surface area contributed by atoms with Crippen LogP contribution in [0, 0.1) is 6.92 Å². The molecular weight excluding hydrogens is 386 g/mol. The zero-order chi connectivity index (χ0) is 19.2. The number of amides is 2. The smallest absolute Gasteiger partial charge is 0.313 e.